The van der Waals surface area contributed by atoms with Gasteiger partial charge in [0.05, 0.1) is 16.2 Å². The third-order valence-electron chi connectivity index (χ3n) is 2.43. The van der Waals surface area contributed by atoms with Gasteiger partial charge in [0.15, 0.2) is 0 Å². The Kier molecular flexibility index (Phi) is 2.72. The van der Waals surface area contributed by atoms with Crippen LogP contribution >= 0.6 is 39.0 Å². The predicted octanol–water partition coefficient (Wildman–Crippen LogP) is 4.63. The zero-order valence-corrected chi connectivity index (χ0v) is 11.9. The second kappa shape index (κ2) is 4.12. The Balaban J connectivity index is 2.36. The van der Waals surface area contributed by atoms with Gasteiger partial charge < -0.3 is 0 Å². The molecule has 3 rings (SSSR count). The van der Waals surface area contributed by atoms with E-state index >= 15 is 0 Å². The Bertz CT molecular complexity index is 705. The molecule has 0 aliphatic carbocycles. The molecule has 1 aromatic carbocycles. The van der Waals surface area contributed by atoms with Crippen LogP contribution in [0.4, 0.5) is 4.39 Å². The van der Waals surface area contributed by atoms with Gasteiger partial charge in [0.2, 0.25) is 0 Å². The van der Waals surface area contributed by atoms with Crippen LogP contribution in [0.5, 0.6) is 0 Å². The molecule has 0 spiro atoms. The van der Waals surface area contributed by atoms with Crippen LogP contribution in [0.15, 0.2) is 22.0 Å². The number of hydrogen-bond donors (Lipinski definition) is 0. The van der Waals surface area contributed by atoms with Crippen LogP contribution in [0.2, 0.25) is 0 Å². The van der Waals surface area contributed by atoms with Crippen LogP contribution in [-0.2, 0) is 0 Å². The number of hydrogen-bond acceptors (Lipinski definition) is 4. The lowest BCUT2D eigenvalue weighted by atomic mass is 10.1. The average Bonchev–Trinajstić information content (AvgIpc) is 2.92. The SMILES string of the molecule is Cc1csc(-c2cc(F)c(Br)c3nsnc23)c1. The maximum atomic E-state index is 13.8. The van der Waals surface area contributed by atoms with Crippen molar-refractivity contribution in [1.29, 1.82) is 0 Å². The first-order valence-corrected chi connectivity index (χ1v) is 7.23. The van der Waals surface area contributed by atoms with E-state index in [1.54, 1.807) is 11.3 Å². The second-order valence-electron chi connectivity index (χ2n) is 3.67. The van der Waals surface area contributed by atoms with Crippen LogP contribution < -0.4 is 0 Å². The molecule has 86 valence electrons. The van der Waals surface area contributed by atoms with Gasteiger partial charge in [0.25, 0.3) is 0 Å². The molecule has 0 aliphatic heterocycles. The minimum Gasteiger partial charge on any atom is -0.206 e. The molecule has 0 saturated carbocycles. The lowest BCUT2D eigenvalue weighted by Crippen LogP contribution is -1.84. The molecule has 2 nitrogen and oxygen atoms in total. The molecule has 0 fully saturated rings. The molecule has 2 aromatic heterocycles. The van der Waals surface area contributed by atoms with Gasteiger partial charge in [-0.2, -0.15) is 8.75 Å². The maximum absolute atomic E-state index is 13.8. The van der Waals surface area contributed by atoms with Crippen LogP contribution in [0.25, 0.3) is 21.5 Å². The number of fused-ring (bicyclic) bond motifs is 1. The van der Waals surface area contributed by atoms with Crippen molar-refractivity contribution < 1.29 is 4.39 Å². The van der Waals surface area contributed by atoms with Gasteiger partial charge in [-0.1, -0.05) is 0 Å². The van der Waals surface area contributed by atoms with E-state index in [-0.39, 0.29) is 5.82 Å². The summed E-state index contributed by atoms with van der Waals surface area (Å²) in [6.07, 6.45) is 0. The molecule has 0 unspecified atom stereocenters. The van der Waals surface area contributed by atoms with Crippen LogP contribution in [0.1, 0.15) is 5.56 Å². The van der Waals surface area contributed by atoms with E-state index in [2.05, 4.69) is 24.7 Å². The summed E-state index contributed by atoms with van der Waals surface area (Å²) in [4.78, 5) is 1.02. The first-order chi connectivity index (χ1) is 8.16. The van der Waals surface area contributed by atoms with Crippen molar-refractivity contribution in [1.82, 2.24) is 8.75 Å². The molecular weight excluding hydrogens is 323 g/mol. The smallest absolute Gasteiger partial charge is 0.140 e. The lowest BCUT2D eigenvalue weighted by molar-refractivity contribution is 0.623. The normalized spacial score (nSPS) is 11.2. The van der Waals surface area contributed by atoms with E-state index in [0.29, 0.717) is 9.99 Å². The van der Waals surface area contributed by atoms with Crippen molar-refractivity contribution in [2.24, 2.45) is 0 Å². The first-order valence-electron chi connectivity index (χ1n) is 4.82. The third kappa shape index (κ3) is 1.80. The topological polar surface area (TPSA) is 25.8 Å². The van der Waals surface area contributed by atoms with Gasteiger partial charge in [-0.25, -0.2) is 4.39 Å². The van der Waals surface area contributed by atoms with Gasteiger partial charge in [-0.3, -0.25) is 0 Å². The quantitative estimate of drug-likeness (QED) is 0.650. The summed E-state index contributed by atoms with van der Waals surface area (Å²) in [5, 5.41) is 2.04. The minimum absolute atomic E-state index is 0.300. The van der Waals surface area contributed by atoms with Gasteiger partial charge in [-0.15, -0.1) is 11.3 Å². The fraction of sp³-hybridized carbons (Fsp3) is 0.0909. The number of aromatic nitrogens is 2. The number of aryl methyl sites for hydroxylation is 1. The zero-order chi connectivity index (χ0) is 12.0. The number of nitrogens with zero attached hydrogens (tertiary/aromatic N) is 2. The van der Waals surface area contributed by atoms with E-state index in [4.69, 9.17) is 0 Å². The predicted molar refractivity (Wildman–Crippen MR) is 73.1 cm³/mol. The van der Waals surface area contributed by atoms with E-state index < -0.39 is 0 Å². The summed E-state index contributed by atoms with van der Waals surface area (Å²) in [6.45, 7) is 2.02. The van der Waals surface area contributed by atoms with Crippen molar-refractivity contribution >= 4 is 50.0 Å². The van der Waals surface area contributed by atoms with Crippen molar-refractivity contribution in [2.75, 3.05) is 0 Å². The summed E-state index contributed by atoms with van der Waals surface area (Å²) in [5.41, 5.74) is 3.33. The molecule has 3 aromatic rings. The standard InChI is InChI=1S/C11H6BrFN2S2/c1-5-2-8(16-4-5)6-3-7(13)9(12)11-10(6)14-17-15-11/h2-4H,1H3. The fourth-order valence-corrected chi connectivity index (χ4v) is 3.63. The molecule has 17 heavy (non-hydrogen) atoms. The Morgan fingerprint density at radius 3 is 2.71 bits per heavy atom. The highest BCUT2D eigenvalue weighted by molar-refractivity contribution is 9.10. The summed E-state index contributed by atoms with van der Waals surface area (Å²) < 4.78 is 22.5. The highest BCUT2D eigenvalue weighted by Gasteiger charge is 2.16. The highest BCUT2D eigenvalue weighted by Crippen LogP contribution is 2.36. The Labute approximate surface area is 114 Å². The summed E-state index contributed by atoms with van der Waals surface area (Å²) in [7, 11) is 0. The van der Waals surface area contributed by atoms with Crippen molar-refractivity contribution in [3.8, 4) is 10.4 Å². The largest absolute Gasteiger partial charge is 0.206 e. The van der Waals surface area contributed by atoms with Gasteiger partial charge in [0.1, 0.15) is 16.9 Å². The highest BCUT2D eigenvalue weighted by atomic mass is 79.9. The van der Waals surface area contributed by atoms with E-state index in [1.807, 2.05) is 18.4 Å². The monoisotopic (exact) mass is 328 g/mol. The Morgan fingerprint density at radius 2 is 2.00 bits per heavy atom. The van der Waals surface area contributed by atoms with Crippen LogP contribution in [0, 0.1) is 12.7 Å². The molecule has 6 heteroatoms. The average molecular weight is 329 g/mol. The molecule has 0 atom stereocenters. The molecule has 0 saturated heterocycles. The first kappa shape index (κ1) is 11.3. The summed E-state index contributed by atoms with van der Waals surface area (Å²) >= 11 is 5.89. The fourth-order valence-electron chi connectivity index (χ4n) is 1.64. The van der Waals surface area contributed by atoms with Crippen molar-refractivity contribution in [3.63, 3.8) is 0 Å². The van der Waals surface area contributed by atoms with E-state index in [9.17, 15) is 4.39 Å². The second-order valence-corrected chi connectivity index (χ2v) is 5.90. The van der Waals surface area contributed by atoms with Gasteiger partial charge in [0, 0.05) is 10.4 Å². The number of benzene rings is 1. The van der Waals surface area contributed by atoms with Crippen molar-refractivity contribution in [3.05, 3.63) is 33.4 Å². The van der Waals surface area contributed by atoms with E-state index in [1.165, 1.54) is 11.6 Å². The molecule has 0 bridgehead atoms. The number of thiophene rings is 1. The maximum Gasteiger partial charge on any atom is 0.140 e. The summed E-state index contributed by atoms with van der Waals surface area (Å²) in [6, 6.07) is 3.55. The molecule has 0 amide bonds. The van der Waals surface area contributed by atoms with Crippen LogP contribution in [0.3, 0.4) is 0 Å². The molecule has 0 N–H and O–H groups in total. The van der Waals surface area contributed by atoms with E-state index in [0.717, 1.165) is 27.7 Å². The molecule has 0 radical (unpaired) electrons. The lowest BCUT2D eigenvalue weighted by Gasteiger charge is -2.01. The number of halogens is 2. The van der Waals surface area contributed by atoms with Crippen LogP contribution in [-0.4, -0.2) is 8.75 Å². The summed E-state index contributed by atoms with van der Waals surface area (Å²) in [5.74, 6) is -0.300. The minimum atomic E-state index is -0.300. The number of rotatable bonds is 1. The Hall–Kier alpha value is -0.850. The molecule has 0 aliphatic rings. The van der Waals surface area contributed by atoms with Gasteiger partial charge >= 0.3 is 0 Å². The third-order valence-corrected chi connectivity index (χ3v) is 4.79. The molecule has 2 heterocycles. The zero-order valence-electron chi connectivity index (χ0n) is 8.70. The van der Waals surface area contributed by atoms with Crippen molar-refractivity contribution in [2.45, 2.75) is 6.92 Å². The molecular formula is C11H6BrFN2S2. The Morgan fingerprint density at radius 1 is 1.24 bits per heavy atom. The van der Waals surface area contributed by atoms with Gasteiger partial charge in [-0.05, 0) is 45.9 Å².